The van der Waals surface area contributed by atoms with Gasteiger partial charge in [0.05, 0.1) is 12.2 Å². The van der Waals surface area contributed by atoms with E-state index in [1.54, 1.807) is 13.0 Å². The van der Waals surface area contributed by atoms with E-state index in [-0.39, 0.29) is 11.7 Å². The first-order valence-electron chi connectivity index (χ1n) is 12.6. The van der Waals surface area contributed by atoms with Crippen molar-refractivity contribution in [2.24, 2.45) is 5.92 Å². The number of aryl methyl sites for hydroxylation is 2. The molecule has 0 N–H and O–H groups in total. The first-order valence-corrected chi connectivity index (χ1v) is 12.6. The number of hydrogen-bond donors (Lipinski definition) is 0. The topological polar surface area (TPSA) is 49.6 Å². The van der Waals surface area contributed by atoms with Crippen LogP contribution in [0, 0.1) is 25.6 Å². The average molecular weight is 464 g/mol. The summed E-state index contributed by atoms with van der Waals surface area (Å²) in [4.78, 5) is 22.0. The Kier molecular flexibility index (Phi) is 6.32. The van der Waals surface area contributed by atoms with Crippen LogP contribution in [0.1, 0.15) is 73.9 Å². The van der Waals surface area contributed by atoms with Crippen LogP contribution in [0.4, 0.5) is 4.39 Å². The summed E-state index contributed by atoms with van der Waals surface area (Å²) in [5.74, 6) is 1.89. The van der Waals surface area contributed by atoms with Gasteiger partial charge in [0.15, 0.2) is 5.89 Å². The van der Waals surface area contributed by atoms with Crippen molar-refractivity contribution in [2.45, 2.75) is 72.3 Å². The van der Waals surface area contributed by atoms with Gasteiger partial charge in [0.2, 0.25) is 5.91 Å². The van der Waals surface area contributed by atoms with E-state index < -0.39 is 0 Å². The van der Waals surface area contributed by atoms with Crippen LogP contribution >= 0.6 is 0 Å². The van der Waals surface area contributed by atoms with E-state index >= 15 is 0 Å². The molecule has 5 rings (SSSR count). The molecule has 1 aromatic heterocycles. The van der Waals surface area contributed by atoms with Gasteiger partial charge >= 0.3 is 0 Å². The fourth-order valence-electron chi connectivity index (χ4n) is 5.82. The molecule has 2 aromatic rings. The molecular weight excluding hydrogens is 429 g/mol. The van der Waals surface area contributed by atoms with Crippen LogP contribution in [-0.4, -0.2) is 33.8 Å². The molecule has 3 aliphatic rings. The molecule has 0 bridgehead atoms. The second-order valence-corrected chi connectivity index (χ2v) is 10.1. The lowest BCUT2D eigenvalue weighted by Crippen LogP contribution is -2.42. The second kappa shape index (κ2) is 9.40. The highest BCUT2D eigenvalue weighted by Gasteiger charge is 2.31. The number of benzene rings is 1. The third-order valence-corrected chi connectivity index (χ3v) is 7.53. The van der Waals surface area contributed by atoms with Crippen LogP contribution < -0.4 is 0 Å². The molecule has 0 spiro atoms. The molecule has 34 heavy (non-hydrogen) atoms. The molecule has 1 aromatic carbocycles. The molecule has 5 nitrogen and oxygen atoms in total. The summed E-state index contributed by atoms with van der Waals surface area (Å²) >= 11 is 0. The Hall–Kier alpha value is -2.89. The number of amides is 1. The SMILES string of the molecule is CC1=C(C2CCCCC2)N(CC(=O)N2CCc3nc(C)oc3C2)C=C(c2ccc(F)c(C)c2)C1. The molecule has 2 aliphatic heterocycles. The summed E-state index contributed by atoms with van der Waals surface area (Å²) < 4.78 is 19.6. The number of aromatic nitrogens is 1. The normalized spacial score (nSPS) is 19.4. The third kappa shape index (κ3) is 4.55. The summed E-state index contributed by atoms with van der Waals surface area (Å²) in [6, 6.07) is 5.31. The second-order valence-electron chi connectivity index (χ2n) is 10.1. The van der Waals surface area contributed by atoms with E-state index in [2.05, 4.69) is 23.0 Å². The van der Waals surface area contributed by atoms with Crippen LogP contribution in [0.5, 0.6) is 0 Å². The highest BCUT2D eigenvalue weighted by atomic mass is 19.1. The smallest absolute Gasteiger partial charge is 0.242 e. The lowest BCUT2D eigenvalue weighted by Gasteiger charge is -2.38. The van der Waals surface area contributed by atoms with Gasteiger partial charge in [-0.2, -0.15) is 0 Å². The van der Waals surface area contributed by atoms with Gasteiger partial charge in [0.1, 0.15) is 18.1 Å². The molecule has 6 heteroatoms. The summed E-state index contributed by atoms with van der Waals surface area (Å²) in [5.41, 5.74) is 6.44. The fourth-order valence-corrected chi connectivity index (χ4v) is 5.82. The summed E-state index contributed by atoms with van der Waals surface area (Å²) in [6.07, 6.45) is 9.87. The van der Waals surface area contributed by atoms with Crippen LogP contribution in [0.2, 0.25) is 0 Å². The first kappa shape index (κ1) is 22.9. The van der Waals surface area contributed by atoms with Crippen molar-refractivity contribution in [1.82, 2.24) is 14.8 Å². The molecule has 0 atom stereocenters. The highest BCUT2D eigenvalue weighted by molar-refractivity contribution is 5.80. The van der Waals surface area contributed by atoms with Crippen molar-refractivity contribution in [2.75, 3.05) is 13.1 Å². The predicted molar refractivity (Wildman–Crippen MR) is 130 cm³/mol. The molecule has 0 saturated heterocycles. The van der Waals surface area contributed by atoms with Gasteiger partial charge < -0.3 is 14.2 Å². The van der Waals surface area contributed by atoms with Crippen LogP contribution in [0.15, 0.2) is 40.1 Å². The maximum Gasteiger partial charge on any atom is 0.242 e. The molecule has 1 amide bonds. The Morgan fingerprint density at radius 3 is 2.74 bits per heavy atom. The molecule has 0 radical (unpaired) electrons. The van der Waals surface area contributed by atoms with Crippen molar-refractivity contribution in [1.29, 1.82) is 0 Å². The maximum atomic E-state index is 13.9. The Labute approximate surface area is 201 Å². The number of hydrogen-bond acceptors (Lipinski definition) is 4. The lowest BCUT2D eigenvalue weighted by atomic mass is 9.82. The van der Waals surface area contributed by atoms with Crippen LogP contribution in [-0.2, 0) is 17.8 Å². The predicted octanol–water partition coefficient (Wildman–Crippen LogP) is 5.92. The average Bonchev–Trinajstić information content (AvgIpc) is 3.20. The van der Waals surface area contributed by atoms with E-state index in [4.69, 9.17) is 4.42 Å². The summed E-state index contributed by atoms with van der Waals surface area (Å²) in [7, 11) is 0. The molecule has 1 saturated carbocycles. The van der Waals surface area contributed by atoms with Gasteiger partial charge in [-0.3, -0.25) is 4.79 Å². The number of allylic oxidation sites excluding steroid dienone is 3. The third-order valence-electron chi connectivity index (χ3n) is 7.53. The quantitative estimate of drug-likeness (QED) is 0.565. The monoisotopic (exact) mass is 463 g/mol. The summed E-state index contributed by atoms with van der Waals surface area (Å²) in [6.45, 7) is 7.32. The minimum absolute atomic E-state index is 0.105. The van der Waals surface area contributed by atoms with Crippen molar-refractivity contribution < 1.29 is 13.6 Å². The number of halogens is 1. The number of fused-ring (bicyclic) bond motifs is 1. The van der Waals surface area contributed by atoms with Crippen molar-refractivity contribution in [3.8, 4) is 0 Å². The minimum Gasteiger partial charge on any atom is -0.444 e. The zero-order valence-corrected chi connectivity index (χ0v) is 20.5. The molecular formula is C28H34FN3O2. The van der Waals surface area contributed by atoms with Crippen LogP contribution in [0.25, 0.3) is 5.57 Å². The van der Waals surface area contributed by atoms with Gasteiger partial charge in [-0.15, -0.1) is 0 Å². The Morgan fingerprint density at radius 1 is 1.18 bits per heavy atom. The number of rotatable bonds is 4. The molecule has 1 aliphatic carbocycles. The van der Waals surface area contributed by atoms with E-state index in [1.165, 1.54) is 43.4 Å². The Balaban J connectivity index is 1.42. The Bertz CT molecular complexity index is 1160. The molecule has 0 unspecified atom stereocenters. The standard InChI is InChI=1S/C28H34FN3O2/c1-18-13-22(9-10-24(18)29)23-14-19(2)28(21-7-5-4-6-8-21)32(15-23)17-27(33)31-12-11-25-26(16-31)34-20(3)30-25/h9-10,13,15,21H,4-8,11-12,14,16-17H2,1-3H3. The van der Waals surface area contributed by atoms with E-state index in [1.807, 2.05) is 24.0 Å². The molecule has 1 fully saturated rings. The zero-order valence-electron chi connectivity index (χ0n) is 20.5. The maximum absolute atomic E-state index is 13.9. The van der Waals surface area contributed by atoms with E-state index in [0.717, 1.165) is 35.4 Å². The first-order chi connectivity index (χ1) is 16.4. The molecule has 3 heterocycles. The lowest BCUT2D eigenvalue weighted by molar-refractivity contribution is -0.132. The Morgan fingerprint density at radius 2 is 1.97 bits per heavy atom. The zero-order chi connectivity index (χ0) is 23.8. The van der Waals surface area contributed by atoms with Crippen LogP contribution in [0.3, 0.4) is 0 Å². The van der Waals surface area contributed by atoms with Crippen molar-refractivity contribution in [3.05, 3.63) is 70.0 Å². The number of carbonyl (C=O) groups is 1. The number of oxazole rings is 1. The van der Waals surface area contributed by atoms with Crippen molar-refractivity contribution >= 4 is 11.5 Å². The summed E-state index contributed by atoms with van der Waals surface area (Å²) in [5, 5.41) is 0. The van der Waals surface area contributed by atoms with Gasteiger partial charge in [0, 0.05) is 31.8 Å². The largest absolute Gasteiger partial charge is 0.444 e. The van der Waals surface area contributed by atoms with Gasteiger partial charge in [-0.1, -0.05) is 25.3 Å². The minimum atomic E-state index is -0.186. The van der Waals surface area contributed by atoms with Gasteiger partial charge in [-0.05, 0) is 73.4 Å². The number of nitrogens with zero attached hydrogens (tertiary/aromatic N) is 3. The fraction of sp³-hybridized carbons (Fsp3) is 0.500. The van der Waals surface area contributed by atoms with E-state index in [9.17, 15) is 9.18 Å². The molecule has 180 valence electrons. The number of carbonyl (C=O) groups excluding carboxylic acids is 1. The highest BCUT2D eigenvalue weighted by Crippen LogP contribution is 2.40. The van der Waals surface area contributed by atoms with E-state index in [0.29, 0.717) is 37.0 Å². The van der Waals surface area contributed by atoms with Gasteiger partial charge in [-0.25, -0.2) is 9.37 Å². The van der Waals surface area contributed by atoms with Gasteiger partial charge in [0.25, 0.3) is 0 Å². The van der Waals surface area contributed by atoms with Crippen molar-refractivity contribution in [3.63, 3.8) is 0 Å².